The molecule has 22 heavy (non-hydrogen) atoms. The quantitative estimate of drug-likeness (QED) is 0.823. The van der Waals surface area contributed by atoms with E-state index < -0.39 is 0 Å². The molecule has 1 amide bonds. The molecule has 0 atom stereocenters. The number of carbonyl (C=O) groups excluding carboxylic acids is 1. The summed E-state index contributed by atoms with van der Waals surface area (Å²) in [5, 5.41) is 12.1. The molecule has 2 aromatic rings. The van der Waals surface area contributed by atoms with Gasteiger partial charge in [-0.1, -0.05) is 18.3 Å². The van der Waals surface area contributed by atoms with Crippen LogP contribution in [0.25, 0.3) is 0 Å². The van der Waals surface area contributed by atoms with Crippen LogP contribution in [0.3, 0.4) is 0 Å². The van der Waals surface area contributed by atoms with Crippen LogP contribution in [0.5, 0.6) is 11.5 Å². The van der Waals surface area contributed by atoms with Crippen LogP contribution in [0, 0.1) is 0 Å². The fourth-order valence-corrected chi connectivity index (χ4v) is 3.18. The van der Waals surface area contributed by atoms with Crippen molar-refractivity contribution in [2.45, 2.75) is 19.8 Å². The Hall–Kier alpha value is -1.67. The second kappa shape index (κ2) is 7.55. The predicted molar refractivity (Wildman–Crippen MR) is 89.1 cm³/mol. The second-order valence-corrected chi connectivity index (χ2v) is 6.25. The smallest absolute Gasteiger partial charge is 0.257 e. The molecule has 118 valence electrons. The third kappa shape index (κ3) is 3.75. The number of rotatable bonds is 6. The van der Waals surface area contributed by atoms with Gasteiger partial charge in [-0.15, -0.1) is 10.2 Å². The molecular weight excluding hydrogens is 370 g/mol. The SMILES string of the molecule is CCCc1nnc(NC(=O)c2cc(OC)c(Br)c(OC)c2)s1. The molecule has 0 radical (unpaired) electrons. The maximum absolute atomic E-state index is 12.3. The summed E-state index contributed by atoms with van der Waals surface area (Å²) < 4.78 is 11.1. The lowest BCUT2D eigenvalue weighted by Crippen LogP contribution is -2.12. The molecule has 1 N–H and O–H groups in total. The highest BCUT2D eigenvalue weighted by Gasteiger charge is 2.16. The number of nitrogens with zero attached hydrogens (tertiary/aromatic N) is 2. The van der Waals surface area contributed by atoms with Crippen LogP contribution in [0.4, 0.5) is 5.13 Å². The van der Waals surface area contributed by atoms with E-state index >= 15 is 0 Å². The van der Waals surface area contributed by atoms with Crippen molar-refractivity contribution in [2.75, 3.05) is 19.5 Å². The molecule has 0 fully saturated rings. The second-order valence-electron chi connectivity index (χ2n) is 4.40. The van der Waals surface area contributed by atoms with Gasteiger partial charge in [-0.2, -0.15) is 0 Å². The minimum Gasteiger partial charge on any atom is -0.495 e. The Kier molecular flexibility index (Phi) is 5.73. The zero-order chi connectivity index (χ0) is 16.1. The van der Waals surface area contributed by atoms with Gasteiger partial charge in [-0.05, 0) is 34.5 Å². The van der Waals surface area contributed by atoms with Gasteiger partial charge in [0, 0.05) is 12.0 Å². The largest absolute Gasteiger partial charge is 0.495 e. The maximum Gasteiger partial charge on any atom is 0.257 e. The summed E-state index contributed by atoms with van der Waals surface area (Å²) in [5.41, 5.74) is 0.421. The van der Waals surface area contributed by atoms with Gasteiger partial charge in [0.05, 0.1) is 14.2 Å². The first-order chi connectivity index (χ1) is 10.6. The number of hydrogen-bond donors (Lipinski definition) is 1. The van der Waals surface area contributed by atoms with Crippen molar-refractivity contribution in [3.63, 3.8) is 0 Å². The van der Waals surface area contributed by atoms with Crippen molar-refractivity contribution in [1.29, 1.82) is 0 Å². The number of nitrogens with one attached hydrogen (secondary N) is 1. The Balaban J connectivity index is 2.21. The first kappa shape index (κ1) is 16.7. The molecule has 0 spiro atoms. The average Bonchev–Trinajstić information content (AvgIpc) is 2.95. The summed E-state index contributed by atoms with van der Waals surface area (Å²) in [4.78, 5) is 12.3. The van der Waals surface area contributed by atoms with Gasteiger partial charge in [0.15, 0.2) is 0 Å². The van der Waals surface area contributed by atoms with E-state index in [-0.39, 0.29) is 5.91 Å². The van der Waals surface area contributed by atoms with E-state index in [1.807, 2.05) is 0 Å². The molecule has 0 saturated carbocycles. The van der Waals surface area contributed by atoms with E-state index in [0.29, 0.717) is 26.7 Å². The van der Waals surface area contributed by atoms with Gasteiger partial charge in [-0.3, -0.25) is 10.1 Å². The summed E-state index contributed by atoms with van der Waals surface area (Å²) in [6, 6.07) is 3.27. The van der Waals surface area contributed by atoms with Crippen molar-refractivity contribution in [2.24, 2.45) is 0 Å². The third-order valence-corrected chi connectivity index (χ3v) is 4.54. The number of aromatic nitrogens is 2. The lowest BCUT2D eigenvalue weighted by Gasteiger charge is -2.10. The average molecular weight is 386 g/mol. The van der Waals surface area contributed by atoms with Gasteiger partial charge in [0.1, 0.15) is 21.0 Å². The summed E-state index contributed by atoms with van der Waals surface area (Å²) >= 11 is 4.75. The third-order valence-electron chi connectivity index (χ3n) is 2.86. The van der Waals surface area contributed by atoms with Crippen LogP contribution in [0.2, 0.25) is 0 Å². The molecule has 0 aliphatic rings. The van der Waals surface area contributed by atoms with Gasteiger partial charge in [0.2, 0.25) is 5.13 Å². The minimum absolute atomic E-state index is 0.289. The first-order valence-corrected chi connectivity index (χ1v) is 8.25. The Morgan fingerprint density at radius 3 is 2.45 bits per heavy atom. The molecule has 1 heterocycles. The van der Waals surface area contributed by atoms with Crippen LogP contribution < -0.4 is 14.8 Å². The highest BCUT2D eigenvalue weighted by molar-refractivity contribution is 9.10. The standard InChI is InChI=1S/C14H16BrN3O3S/c1-4-5-11-17-18-14(22-11)16-13(19)8-6-9(20-2)12(15)10(7-8)21-3/h6-7H,4-5H2,1-3H3,(H,16,18,19). The number of aryl methyl sites for hydroxylation is 1. The Labute approximate surface area is 141 Å². The highest BCUT2D eigenvalue weighted by atomic mass is 79.9. The van der Waals surface area contributed by atoms with Gasteiger partial charge in [0.25, 0.3) is 5.91 Å². The molecule has 1 aromatic heterocycles. The fourth-order valence-electron chi connectivity index (χ4n) is 1.79. The van der Waals surface area contributed by atoms with E-state index in [0.717, 1.165) is 17.8 Å². The summed E-state index contributed by atoms with van der Waals surface area (Å²) in [7, 11) is 3.06. The molecule has 0 bridgehead atoms. The van der Waals surface area contributed by atoms with Crippen LogP contribution >= 0.6 is 27.3 Å². The van der Waals surface area contributed by atoms with Crippen LogP contribution in [-0.2, 0) is 6.42 Å². The fraction of sp³-hybridized carbons (Fsp3) is 0.357. The number of carbonyl (C=O) groups is 1. The Bertz CT molecular complexity index is 650. The van der Waals surface area contributed by atoms with Gasteiger partial charge in [-0.25, -0.2) is 0 Å². The normalized spacial score (nSPS) is 10.4. The summed E-state index contributed by atoms with van der Waals surface area (Å²) in [6.07, 6.45) is 1.84. The molecule has 2 rings (SSSR count). The van der Waals surface area contributed by atoms with Crippen molar-refractivity contribution >= 4 is 38.3 Å². The van der Waals surface area contributed by atoms with E-state index in [9.17, 15) is 4.79 Å². The molecular formula is C14H16BrN3O3S. The first-order valence-electron chi connectivity index (χ1n) is 6.64. The number of methoxy groups -OCH3 is 2. The Morgan fingerprint density at radius 2 is 1.91 bits per heavy atom. The van der Waals surface area contributed by atoms with E-state index in [1.54, 1.807) is 12.1 Å². The summed E-state index contributed by atoms with van der Waals surface area (Å²) in [5.74, 6) is 0.755. The highest BCUT2D eigenvalue weighted by Crippen LogP contribution is 2.35. The molecule has 8 heteroatoms. The number of ether oxygens (including phenoxy) is 2. The van der Waals surface area contributed by atoms with Gasteiger partial charge < -0.3 is 9.47 Å². The number of anilines is 1. The predicted octanol–water partition coefficient (Wildman–Crippen LogP) is 3.52. The molecule has 6 nitrogen and oxygen atoms in total. The number of benzene rings is 1. The van der Waals surface area contributed by atoms with Crippen LogP contribution in [0.15, 0.2) is 16.6 Å². The minimum atomic E-state index is -0.289. The maximum atomic E-state index is 12.3. The lowest BCUT2D eigenvalue weighted by atomic mass is 10.2. The van der Waals surface area contributed by atoms with Crippen molar-refractivity contribution in [1.82, 2.24) is 10.2 Å². The zero-order valence-electron chi connectivity index (χ0n) is 12.5. The lowest BCUT2D eigenvalue weighted by molar-refractivity contribution is 0.102. The van der Waals surface area contributed by atoms with Gasteiger partial charge >= 0.3 is 0 Å². The van der Waals surface area contributed by atoms with Crippen molar-refractivity contribution < 1.29 is 14.3 Å². The van der Waals surface area contributed by atoms with E-state index in [4.69, 9.17) is 9.47 Å². The van der Waals surface area contributed by atoms with Crippen molar-refractivity contribution in [3.8, 4) is 11.5 Å². The molecule has 0 aliphatic heterocycles. The van der Waals surface area contributed by atoms with Crippen molar-refractivity contribution in [3.05, 3.63) is 27.2 Å². The molecule has 0 aliphatic carbocycles. The zero-order valence-corrected chi connectivity index (χ0v) is 14.9. The number of amides is 1. The molecule has 1 aromatic carbocycles. The monoisotopic (exact) mass is 385 g/mol. The molecule has 0 saturated heterocycles. The topological polar surface area (TPSA) is 73.3 Å². The molecule has 0 unspecified atom stereocenters. The Morgan fingerprint density at radius 1 is 1.27 bits per heavy atom. The number of hydrogen-bond acceptors (Lipinski definition) is 6. The van der Waals surface area contributed by atoms with Crippen LogP contribution in [0.1, 0.15) is 28.7 Å². The van der Waals surface area contributed by atoms with Crippen LogP contribution in [-0.4, -0.2) is 30.3 Å². The number of halogens is 1. The summed E-state index contributed by atoms with van der Waals surface area (Å²) in [6.45, 7) is 2.07. The van der Waals surface area contributed by atoms with E-state index in [2.05, 4.69) is 38.4 Å². The van der Waals surface area contributed by atoms with E-state index in [1.165, 1.54) is 25.6 Å².